The third-order valence-electron chi connectivity index (χ3n) is 3.38. The van der Waals surface area contributed by atoms with E-state index in [1.54, 1.807) is 4.90 Å². The largest absolute Gasteiger partial charge is 0.507 e. The van der Waals surface area contributed by atoms with E-state index in [4.69, 9.17) is 0 Å². The zero-order chi connectivity index (χ0) is 15.4. The molecule has 0 saturated carbocycles. The Labute approximate surface area is 122 Å². The van der Waals surface area contributed by atoms with Gasteiger partial charge < -0.3 is 20.2 Å². The van der Waals surface area contributed by atoms with Crippen molar-refractivity contribution in [1.82, 2.24) is 15.1 Å². The molecule has 2 rings (SSSR count). The molecule has 21 heavy (non-hydrogen) atoms. The lowest BCUT2D eigenvalue weighted by molar-refractivity contribution is -0.132. The summed E-state index contributed by atoms with van der Waals surface area (Å²) >= 11 is 0. The van der Waals surface area contributed by atoms with Gasteiger partial charge in [0.05, 0.1) is 12.1 Å². The van der Waals surface area contributed by atoms with Gasteiger partial charge in [0.2, 0.25) is 5.91 Å². The van der Waals surface area contributed by atoms with E-state index in [-0.39, 0.29) is 18.0 Å². The first-order valence-electron chi connectivity index (χ1n) is 6.71. The molecule has 1 heterocycles. The van der Waals surface area contributed by atoms with E-state index in [1.165, 1.54) is 18.0 Å². The van der Waals surface area contributed by atoms with Crippen LogP contribution in [0.5, 0.6) is 5.75 Å². The van der Waals surface area contributed by atoms with E-state index in [9.17, 15) is 19.1 Å². The van der Waals surface area contributed by atoms with E-state index in [0.29, 0.717) is 13.1 Å². The van der Waals surface area contributed by atoms with Gasteiger partial charge in [0.1, 0.15) is 11.6 Å². The first-order chi connectivity index (χ1) is 9.99. The molecule has 0 bridgehead atoms. The molecule has 1 aromatic rings. The molecule has 1 aliphatic rings. The quantitative estimate of drug-likeness (QED) is 0.825. The Kier molecular flexibility index (Phi) is 4.74. The number of piperazine rings is 1. The highest BCUT2D eigenvalue weighted by molar-refractivity contribution is 5.98. The molecule has 2 N–H and O–H groups in total. The number of phenolic OH excluding ortho intramolecular Hbond substituents is 1. The number of nitrogens with one attached hydrogen (secondary N) is 1. The number of hydrogen-bond acceptors (Lipinski definition) is 4. The van der Waals surface area contributed by atoms with Crippen molar-refractivity contribution < 1.29 is 19.1 Å². The number of amides is 2. The number of likely N-dealkylation sites (N-methyl/N-ethyl adjacent to an activating group) is 1. The minimum atomic E-state index is -0.622. The first kappa shape index (κ1) is 15.2. The molecule has 2 amide bonds. The minimum Gasteiger partial charge on any atom is -0.507 e. The molecule has 0 unspecified atom stereocenters. The zero-order valence-electron chi connectivity index (χ0n) is 11.8. The second kappa shape index (κ2) is 6.53. The molecule has 0 spiro atoms. The van der Waals surface area contributed by atoms with Gasteiger partial charge >= 0.3 is 0 Å². The van der Waals surface area contributed by atoms with Crippen LogP contribution in [0.25, 0.3) is 0 Å². The predicted molar refractivity (Wildman–Crippen MR) is 74.5 cm³/mol. The highest BCUT2D eigenvalue weighted by Crippen LogP contribution is 2.19. The molecule has 0 aromatic heterocycles. The van der Waals surface area contributed by atoms with E-state index in [0.717, 1.165) is 25.2 Å². The SMILES string of the molecule is CN(CC(=O)N1CCNCC1)C(=O)c1ccc(F)cc1O. The smallest absolute Gasteiger partial charge is 0.257 e. The molecule has 1 saturated heterocycles. The Morgan fingerprint density at radius 3 is 2.67 bits per heavy atom. The number of halogens is 1. The maximum Gasteiger partial charge on any atom is 0.257 e. The molecule has 7 heteroatoms. The molecule has 0 radical (unpaired) electrons. The number of hydrogen-bond donors (Lipinski definition) is 2. The monoisotopic (exact) mass is 295 g/mol. The fourth-order valence-electron chi connectivity index (χ4n) is 2.18. The number of nitrogens with zero attached hydrogens (tertiary/aromatic N) is 2. The average molecular weight is 295 g/mol. The predicted octanol–water partition coefficient (Wildman–Crippen LogP) is 0.0351. The number of benzene rings is 1. The maximum absolute atomic E-state index is 12.9. The molecule has 1 aromatic carbocycles. The van der Waals surface area contributed by atoms with Crippen LogP contribution in [-0.2, 0) is 4.79 Å². The van der Waals surface area contributed by atoms with Gasteiger partial charge in [-0.05, 0) is 12.1 Å². The van der Waals surface area contributed by atoms with Gasteiger partial charge in [0.25, 0.3) is 5.91 Å². The summed E-state index contributed by atoms with van der Waals surface area (Å²) in [5.74, 6) is -1.71. The Bertz CT molecular complexity index is 544. The molecule has 0 atom stereocenters. The van der Waals surface area contributed by atoms with E-state index < -0.39 is 17.5 Å². The second-order valence-electron chi connectivity index (χ2n) is 4.95. The van der Waals surface area contributed by atoms with Crippen LogP contribution in [0.1, 0.15) is 10.4 Å². The number of carbonyl (C=O) groups excluding carboxylic acids is 2. The van der Waals surface area contributed by atoms with Crippen LogP contribution in [0.2, 0.25) is 0 Å². The van der Waals surface area contributed by atoms with Gasteiger partial charge in [-0.1, -0.05) is 0 Å². The van der Waals surface area contributed by atoms with E-state index in [2.05, 4.69) is 5.32 Å². The molecule has 0 aliphatic carbocycles. The molecule has 114 valence electrons. The minimum absolute atomic E-state index is 0.0213. The summed E-state index contributed by atoms with van der Waals surface area (Å²) in [6.45, 7) is 2.63. The summed E-state index contributed by atoms with van der Waals surface area (Å²) < 4.78 is 12.9. The third-order valence-corrected chi connectivity index (χ3v) is 3.38. The van der Waals surface area contributed by atoms with Crippen LogP contribution in [0, 0.1) is 5.82 Å². The number of carbonyl (C=O) groups is 2. The van der Waals surface area contributed by atoms with Crippen LogP contribution in [-0.4, -0.2) is 66.5 Å². The fraction of sp³-hybridized carbons (Fsp3) is 0.429. The summed E-state index contributed by atoms with van der Waals surface area (Å²) in [6, 6.07) is 3.18. The highest BCUT2D eigenvalue weighted by Gasteiger charge is 2.22. The summed E-state index contributed by atoms with van der Waals surface area (Å²) in [7, 11) is 1.48. The van der Waals surface area contributed by atoms with Crippen molar-refractivity contribution >= 4 is 11.8 Å². The van der Waals surface area contributed by atoms with Crippen molar-refractivity contribution in [3.63, 3.8) is 0 Å². The lowest BCUT2D eigenvalue weighted by atomic mass is 10.1. The van der Waals surface area contributed by atoms with Crippen LogP contribution >= 0.6 is 0 Å². The molecule has 1 aliphatic heterocycles. The number of rotatable bonds is 3. The fourth-order valence-corrected chi connectivity index (χ4v) is 2.18. The maximum atomic E-state index is 12.9. The number of aromatic hydroxyl groups is 1. The summed E-state index contributed by atoms with van der Waals surface area (Å²) in [4.78, 5) is 27.1. The Hall–Kier alpha value is -2.15. The van der Waals surface area contributed by atoms with Gasteiger partial charge in [-0.2, -0.15) is 0 Å². The van der Waals surface area contributed by atoms with Crippen LogP contribution < -0.4 is 5.32 Å². The van der Waals surface area contributed by atoms with Crippen LogP contribution in [0.4, 0.5) is 4.39 Å². The Balaban J connectivity index is 2.00. The molecular weight excluding hydrogens is 277 g/mol. The normalized spacial score (nSPS) is 14.9. The average Bonchev–Trinajstić information content (AvgIpc) is 2.47. The highest BCUT2D eigenvalue weighted by atomic mass is 19.1. The standard InChI is InChI=1S/C14H18FN3O3/c1-17(9-13(20)18-6-4-16-5-7-18)14(21)11-3-2-10(15)8-12(11)19/h2-3,8,16,19H,4-7,9H2,1H3. The van der Waals surface area contributed by atoms with Crippen molar-refractivity contribution in [3.8, 4) is 5.75 Å². The van der Waals surface area contributed by atoms with Gasteiger partial charge in [-0.25, -0.2) is 4.39 Å². The lowest BCUT2D eigenvalue weighted by Gasteiger charge is -2.29. The van der Waals surface area contributed by atoms with Crippen molar-refractivity contribution in [2.24, 2.45) is 0 Å². The van der Waals surface area contributed by atoms with Crippen molar-refractivity contribution in [3.05, 3.63) is 29.6 Å². The van der Waals surface area contributed by atoms with Crippen molar-refractivity contribution in [2.75, 3.05) is 39.8 Å². The van der Waals surface area contributed by atoms with Crippen LogP contribution in [0.15, 0.2) is 18.2 Å². The molecule has 1 fully saturated rings. The zero-order valence-corrected chi connectivity index (χ0v) is 11.8. The summed E-state index contributed by atoms with van der Waals surface area (Å²) in [5, 5.41) is 12.7. The number of phenols is 1. The van der Waals surface area contributed by atoms with E-state index >= 15 is 0 Å². The lowest BCUT2D eigenvalue weighted by Crippen LogP contribution is -2.49. The Morgan fingerprint density at radius 2 is 2.05 bits per heavy atom. The van der Waals surface area contributed by atoms with Gasteiger partial charge in [-0.3, -0.25) is 9.59 Å². The third kappa shape index (κ3) is 3.69. The molecule has 6 nitrogen and oxygen atoms in total. The summed E-state index contributed by atoms with van der Waals surface area (Å²) in [5.41, 5.74) is -0.0213. The Morgan fingerprint density at radius 1 is 1.38 bits per heavy atom. The van der Waals surface area contributed by atoms with Gasteiger partial charge in [0, 0.05) is 39.3 Å². The van der Waals surface area contributed by atoms with E-state index in [1.807, 2.05) is 0 Å². The van der Waals surface area contributed by atoms with Crippen LogP contribution in [0.3, 0.4) is 0 Å². The first-order valence-corrected chi connectivity index (χ1v) is 6.71. The second-order valence-corrected chi connectivity index (χ2v) is 4.95. The topological polar surface area (TPSA) is 72.9 Å². The van der Waals surface area contributed by atoms with Gasteiger partial charge in [-0.15, -0.1) is 0 Å². The van der Waals surface area contributed by atoms with Crippen molar-refractivity contribution in [2.45, 2.75) is 0 Å². The molecular formula is C14H18FN3O3. The van der Waals surface area contributed by atoms with Crippen molar-refractivity contribution in [1.29, 1.82) is 0 Å². The summed E-state index contributed by atoms with van der Waals surface area (Å²) in [6.07, 6.45) is 0. The van der Waals surface area contributed by atoms with Gasteiger partial charge in [0.15, 0.2) is 0 Å².